The SMILES string of the molecule is CCC=CC=COC(=O)CC. The molecule has 0 aliphatic heterocycles. The lowest BCUT2D eigenvalue weighted by molar-refractivity contribution is -0.137. The Balaban J connectivity index is 3.44. The molecule has 0 saturated carbocycles. The molecular formula is C9H14O2. The minimum Gasteiger partial charge on any atom is -0.434 e. The maximum atomic E-state index is 10.5. The molecule has 11 heavy (non-hydrogen) atoms. The molecule has 0 bridgehead atoms. The third-order valence-corrected chi connectivity index (χ3v) is 1.05. The third kappa shape index (κ3) is 6.84. The average Bonchev–Trinajstić information content (AvgIpc) is 2.04. The number of ether oxygens (including phenoxy) is 1. The van der Waals surface area contributed by atoms with Gasteiger partial charge in [-0.2, -0.15) is 0 Å². The van der Waals surface area contributed by atoms with E-state index in [1.165, 1.54) is 6.26 Å². The van der Waals surface area contributed by atoms with E-state index in [-0.39, 0.29) is 5.97 Å². The van der Waals surface area contributed by atoms with Gasteiger partial charge in [0.15, 0.2) is 0 Å². The van der Waals surface area contributed by atoms with Crippen LogP contribution in [-0.4, -0.2) is 5.97 Å². The first kappa shape index (κ1) is 9.95. The standard InChI is InChI=1S/C9H14O2/c1-3-5-6-7-8-11-9(10)4-2/h5-8H,3-4H2,1-2H3. The summed E-state index contributed by atoms with van der Waals surface area (Å²) in [5.41, 5.74) is 0. The van der Waals surface area contributed by atoms with Gasteiger partial charge in [-0.3, -0.25) is 4.79 Å². The Morgan fingerprint density at radius 3 is 2.64 bits per heavy atom. The Kier molecular flexibility index (Phi) is 6.39. The van der Waals surface area contributed by atoms with E-state index < -0.39 is 0 Å². The third-order valence-electron chi connectivity index (χ3n) is 1.05. The fourth-order valence-electron chi connectivity index (χ4n) is 0.459. The van der Waals surface area contributed by atoms with Gasteiger partial charge >= 0.3 is 5.97 Å². The molecule has 0 spiro atoms. The van der Waals surface area contributed by atoms with Crippen molar-refractivity contribution >= 4 is 5.97 Å². The quantitative estimate of drug-likeness (QED) is 0.353. The van der Waals surface area contributed by atoms with E-state index in [1.54, 1.807) is 13.0 Å². The van der Waals surface area contributed by atoms with Crippen LogP contribution in [0.4, 0.5) is 0 Å². The van der Waals surface area contributed by atoms with Gasteiger partial charge in [0.2, 0.25) is 0 Å². The lowest BCUT2D eigenvalue weighted by atomic mass is 10.4. The smallest absolute Gasteiger partial charge is 0.310 e. The minimum absolute atomic E-state index is 0.203. The van der Waals surface area contributed by atoms with E-state index >= 15 is 0 Å². The van der Waals surface area contributed by atoms with Crippen molar-refractivity contribution in [1.82, 2.24) is 0 Å². The summed E-state index contributed by atoms with van der Waals surface area (Å²) in [7, 11) is 0. The van der Waals surface area contributed by atoms with Crippen molar-refractivity contribution in [2.45, 2.75) is 26.7 Å². The Morgan fingerprint density at radius 1 is 1.36 bits per heavy atom. The number of allylic oxidation sites excluding steroid dienone is 3. The number of rotatable bonds is 4. The predicted molar refractivity (Wildman–Crippen MR) is 45.0 cm³/mol. The zero-order valence-corrected chi connectivity index (χ0v) is 7.04. The summed E-state index contributed by atoms with van der Waals surface area (Å²) in [4.78, 5) is 10.5. The molecular weight excluding hydrogens is 140 g/mol. The van der Waals surface area contributed by atoms with Crippen LogP contribution in [0.25, 0.3) is 0 Å². The second-order valence-electron chi connectivity index (χ2n) is 2.01. The van der Waals surface area contributed by atoms with Crippen LogP contribution in [0.15, 0.2) is 24.5 Å². The monoisotopic (exact) mass is 154 g/mol. The molecule has 0 aromatic rings. The van der Waals surface area contributed by atoms with Crippen molar-refractivity contribution in [3.63, 3.8) is 0 Å². The highest BCUT2D eigenvalue weighted by atomic mass is 16.5. The second kappa shape index (κ2) is 7.06. The van der Waals surface area contributed by atoms with Gasteiger partial charge < -0.3 is 4.74 Å². The molecule has 0 aromatic heterocycles. The number of carbonyl (C=O) groups is 1. The molecule has 0 heterocycles. The molecule has 0 unspecified atom stereocenters. The van der Waals surface area contributed by atoms with Crippen LogP contribution in [0.5, 0.6) is 0 Å². The summed E-state index contributed by atoms with van der Waals surface area (Å²) in [5.74, 6) is -0.203. The maximum Gasteiger partial charge on any atom is 0.310 e. The Labute approximate surface area is 67.6 Å². The highest BCUT2D eigenvalue weighted by Crippen LogP contribution is 1.87. The Bertz CT molecular complexity index is 157. The van der Waals surface area contributed by atoms with E-state index in [9.17, 15) is 4.79 Å². The van der Waals surface area contributed by atoms with Crippen molar-refractivity contribution in [2.75, 3.05) is 0 Å². The molecule has 0 rings (SSSR count). The molecule has 0 radical (unpaired) electrons. The molecule has 0 aromatic carbocycles. The first-order valence-corrected chi connectivity index (χ1v) is 3.82. The van der Waals surface area contributed by atoms with Gasteiger partial charge in [-0.25, -0.2) is 0 Å². The molecule has 62 valence electrons. The van der Waals surface area contributed by atoms with Crippen LogP contribution >= 0.6 is 0 Å². The summed E-state index contributed by atoms with van der Waals surface area (Å²) in [6.45, 7) is 3.81. The maximum absolute atomic E-state index is 10.5. The lowest BCUT2D eigenvalue weighted by Gasteiger charge is -1.90. The number of hydrogen-bond donors (Lipinski definition) is 0. The van der Waals surface area contributed by atoms with Gasteiger partial charge in [-0.1, -0.05) is 26.0 Å². The van der Waals surface area contributed by atoms with Gasteiger partial charge in [0, 0.05) is 6.42 Å². The minimum atomic E-state index is -0.203. The highest BCUT2D eigenvalue weighted by Gasteiger charge is 1.90. The van der Waals surface area contributed by atoms with E-state index in [1.807, 2.05) is 19.1 Å². The van der Waals surface area contributed by atoms with Crippen molar-refractivity contribution < 1.29 is 9.53 Å². The average molecular weight is 154 g/mol. The number of carbonyl (C=O) groups excluding carboxylic acids is 1. The van der Waals surface area contributed by atoms with Gasteiger partial charge in [-0.05, 0) is 12.5 Å². The van der Waals surface area contributed by atoms with Gasteiger partial charge in [-0.15, -0.1) is 0 Å². The fraction of sp³-hybridized carbons (Fsp3) is 0.444. The van der Waals surface area contributed by atoms with Crippen LogP contribution < -0.4 is 0 Å². The highest BCUT2D eigenvalue weighted by molar-refractivity contribution is 5.69. The molecule has 0 aliphatic carbocycles. The summed E-state index contributed by atoms with van der Waals surface area (Å²) in [6, 6.07) is 0. The van der Waals surface area contributed by atoms with Crippen molar-refractivity contribution in [1.29, 1.82) is 0 Å². The second-order valence-corrected chi connectivity index (χ2v) is 2.01. The first-order chi connectivity index (χ1) is 5.31. The molecule has 0 N–H and O–H groups in total. The van der Waals surface area contributed by atoms with E-state index in [2.05, 4.69) is 4.74 Å². The van der Waals surface area contributed by atoms with Crippen LogP contribution in [0.1, 0.15) is 26.7 Å². The van der Waals surface area contributed by atoms with Crippen LogP contribution in [0, 0.1) is 0 Å². The molecule has 0 saturated heterocycles. The topological polar surface area (TPSA) is 26.3 Å². The van der Waals surface area contributed by atoms with Gasteiger partial charge in [0.1, 0.15) is 0 Å². The molecule has 2 heteroatoms. The largest absolute Gasteiger partial charge is 0.434 e. The number of hydrogen-bond acceptors (Lipinski definition) is 2. The molecule has 0 aliphatic rings. The molecule has 0 atom stereocenters. The van der Waals surface area contributed by atoms with Crippen molar-refractivity contribution in [2.24, 2.45) is 0 Å². The molecule has 2 nitrogen and oxygen atoms in total. The van der Waals surface area contributed by atoms with Crippen molar-refractivity contribution in [3.05, 3.63) is 24.5 Å². The van der Waals surface area contributed by atoms with E-state index in [4.69, 9.17) is 0 Å². The summed E-state index contributed by atoms with van der Waals surface area (Å²) < 4.78 is 4.67. The van der Waals surface area contributed by atoms with Crippen molar-refractivity contribution in [3.8, 4) is 0 Å². The zero-order chi connectivity index (χ0) is 8.53. The van der Waals surface area contributed by atoms with E-state index in [0.29, 0.717) is 6.42 Å². The summed E-state index contributed by atoms with van der Waals surface area (Å²) in [6.07, 6.45) is 8.35. The Hall–Kier alpha value is -1.05. The Morgan fingerprint density at radius 2 is 2.09 bits per heavy atom. The summed E-state index contributed by atoms with van der Waals surface area (Å²) in [5, 5.41) is 0. The van der Waals surface area contributed by atoms with Crippen LogP contribution in [0.2, 0.25) is 0 Å². The molecule has 0 fully saturated rings. The van der Waals surface area contributed by atoms with Gasteiger partial charge in [0.05, 0.1) is 6.26 Å². The molecule has 0 amide bonds. The fourth-order valence-corrected chi connectivity index (χ4v) is 0.459. The summed E-state index contributed by atoms with van der Waals surface area (Å²) >= 11 is 0. The lowest BCUT2D eigenvalue weighted by Crippen LogP contribution is -1.94. The predicted octanol–water partition coefficient (Wildman–Crippen LogP) is 2.42. The normalized spacial score (nSPS) is 11.1. The van der Waals surface area contributed by atoms with Crippen LogP contribution in [-0.2, 0) is 9.53 Å². The van der Waals surface area contributed by atoms with Gasteiger partial charge in [0.25, 0.3) is 0 Å². The zero-order valence-electron chi connectivity index (χ0n) is 7.04. The number of esters is 1. The first-order valence-electron chi connectivity index (χ1n) is 3.82. The van der Waals surface area contributed by atoms with E-state index in [0.717, 1.165) is 6.42 Å². The van der Waals surface area contributed by atoms with Crippen LogP contribution in [0.3, 0.4) is 0 Å².